The molecule has 5 nitrogen and oxygen atoms in total. The van der Waals surface area contributed by atoms with Crippen LogP contribution in [0.2, 0.25) is 0 Å². The molecule has 0 aliphatic carbocycles. The molecule has 0 radical (unpaired) electrons. The Bertz CT molecular complexity index is 826. The first kappa shape index (κ1) is 18.2. The molecular formula is C19H20ClFN4O. The van der Waals surface area contributed by atoms with E-state index < -0.39 is 6.08 Å². The Morgan fingerprint density at radius 3 is 2.35 bits per heavy atom. The Balaban J connectivity index is 1.61. The second kappa shape index (κ2) is 7.33. The van der Waals surface area contributed by atoms with Crippen LogP contribution in [0.25, 0.3) is 11.1 Å². The minimum absolute atomic E-state index is 0.0952. The maximum Gasteiger partial charge on any atom is 0.308 e. The molecule has 0 bridgehead atoms. The zero-order chi connectivity index (χ0) is 18.7. The fourth-order valence-corrected chi connectivity index (χ4v) is 2.53. The van der Waals surface area contributed by atoms with E-state index in [1.165, 1.54) is 12.4 Å². The first-order valence-electron chi connectivity index (χ1n) is 8.16. The standard InChI is InChI=1S/C19H20ClFN4O/c1-19(2,3)25-11-16(20)17(10-24-25)26-12-13-4-6-14(7-5-13)15-8-22-18(21)23-9-15/h4-11,24H,12H2,1-3H3. The number of aromatic nitrogens is 2. The zero-order valence-electron chi connectivity index (χ0n) is 14.8. The van der Waals surface area contributed by atoms with E-state index in [-0.39, 0.29) is 5.54 Å². The van der Waals surface area contributed by atoms with Crippen molar-refractivity contribution in [2.75, 3.05) is 0 Å². The molecule has 2 heterocycles. The molecule has 1 aromatic carbocycles. The lowest BCUT2D eigenvalue weighted by Gasteiger charge is -2.36. The summed E-state index contributed by atoms with van der Waals surface area (Å²) < 4.78 is 18.6. The van der Waals surface area contributed by atoms with Crippen molar-refractivity contribution < 1.29 is 9.13 Å². The van der Waals surface area contributed by atoms with Gasteiger partial charge in [0.05, 0.1) is 11.7 Å². The maximum absolute atomic E-state index is 12.8. The Morgan fingerprint density at radius 1 is 1.12 bits per heavy atom. The van der Waals surface area contributed by atoms with Crippen LogP contribution in [0.3, 0.4) is 0 Å². The highest BCUT2D eigenvalue weighted by Gasteiger charge is 2.22. The highest BCUT2D eigenvalue weighted by Crippen LogP contribution is 2.25. The summed E-state index contributed by atoms with van der Waals surface area (Å²) in [6, 6.07) is 7.71. The molecule has 136 valence electrons. The largest absolute Gasteiger partial charge is 0.486 e. The average molecular weight is 375 g/mol. The summed E-state index contributed by atoms with van der Waals surface area (Å²) in [4.78, 5) is 7.13. The first-order chi connectivity index (χ1) is 12.3. The highest BCUT2D eigenvalue weighted by atomic mass is 35.5. The molecule has 0 saturated carbocycles. The number of hydrogen-bond acceptors (Lipinski definition) is 5. The number of allylic oxidation sites excluding steroid dienone is 1. The van der Waals surface area contributed by atoms with E-state index in [1.54, 1.807) is 6.20 Å². The Kier molecular flexibility index (Phi) is 5.13. The van der Waals surface area contributed by atoms with Gasteiger partial charge in [-0.1, -0.05) is 35.9 Å². The molecule has 0 unspecified atom stereocenters. The van der Waals surface area contributed by atoms with Gasteiger partial charge in [0.1, 0.15) is 11.6 Å². The Labute approximate surface area is 157 Å². The smallest absolute Gasteiger partial charge is 0.308 e. The Hall–Kier alpha value is -2.60. The summed E-state index contributed by atoms with van der Waals surface area (Å²) in [5.41, 5.74) is 5.71. The summed E-state index contributed by atoms with van der Waals surface area (Å²) in [6.45, 7) is 6.61. The monoisotopic (exact) mass is 374 g/mol. The second-order valence-corrected chi connectivity index (χ2v) is 7.29. The van der Waals surface area contributed by atoms with Crippen molar-refractivity contribution in [3.8, 4) is 11.1 Å². The van der Waals surface area contributed by atoms with E-state index in [1.807, 2.05) is 35.5 Å². The summed E-state index contributed by atoms with van der Waals surface area (Å²) in [5, 5.41) is 2.46. The van der Waals surface area contributed by atoms with Crippen molar-refractivity contribution in [1.82, 2.24) is 20.4 Å². The predicted octanol–water partition coefficient (Wildman–Crippen LogP) is 4.34. The van der Waals surface area contributed by atoms with Gasteiger partial charge in [0.15, 0.2) is 5.76 Å². The summed E-state index contributed by atoms with van der Waals surface area (Å²) in [7, 11) is 0. The van der Waals surface area contributed by atoms with E-state index in [0.717, 1.165) is 16.7 Å². The molecule has 0 atom stereocenters. The van der Waals surface area contributed by atoms with Crippen LogP contribution in [0.5, 0.6) is 0 Å². The van der Waals surface area contributed by atoms with Crippen LogP contribution in [0, 0.1) is 6.08 Å². The molecule has 0 spiro atoms. The number of hydrogen-bond donors (Lipinski definition) is 1. The van der Waals surface area contributed by atoms with Gasteiger partial charge in [-0.3, -0.25) is 5.01 Å². The summed E-state index contributed by atoms with van der Waals surface area (Å²) in [5.74, 6) is 0.586. The van der Waals surface area contributed by atoms with Crippen molar-refractivity contribution in [3.05, 3.63) is 71.5 Å². The van der Waals surface area contributed by atoms with Crippen molar-refractivity contribution in [2.24, 2.45) is 0 Å². The third-order valence-corrected chi connectivity index (χ3v) is 4.12. The average Bonchev–Trinajstić information content (AvgIpc) is 2.61. The van der Waals surface area contributed by atoms with E-state index in [0.29, 0.717) is 17.4 Å². The van der Waals surface area contributed by atoms with Gasteiger partial charge in [0.25, 0.3) is 0 Å². The van der Waals surface area contributed by atoms with Gasteiger partial charge in [-0.15, -0.1) is 0 Å². The molecule has 1 aliphatic heterocycles. The van der Waals surface area contributed by atoms with Crippen LogP contribution in [-0.2, 0) is 11.3 Å². The minimum atomic E-state index is -0.733. The molecule has 0 saturated heterocycles. The molecule has 3 rings (SSSR count). The van der Waals surface area contributed by atoms with Gasteiger partial charge < -0.3 is 10.2 Å². The van der Waals surface area contributed by atoms with Crippen molar-refractivity contribution in [1.29, 1.82) is 0 Å². The molecule has 7 heteroatoms. The van der Waals surface area contributed by atoms with Crippen LogP contribution in [-0.4, -0.2) is 20.5 Å². The molecule has 26 heavy (non-hydrogen) atoms. The number of benzene rings is 1. The van der Waals surface area contributed by atoms with Crippen molar-refractivity contribution in [3.63, 3.8) is 0 Å². The molecule has 0 amide bonds. The third-order valence-electron chi connectivity index (χ3n) is 3.84. The number of rotatable bonds is 4. The van der Waals surface area contributed by atoms with E-state index in [9.17, 15) is 4.39 Å². The molecule has 1 aromatic heterocycles. The number of nitrogens with one attached hydrogen (secondary N) is 1. The third kappa shape index (κ3) is 4.32. The molecule has 1 N–H and O–H groups in total. The molecule has 1 aliphatic rings. The van der Waals surface area contributed by atoms with Crippen LogP contribution >= 0.6 is 11.6 Å². The van der Waals surface area contributed by atoms with Crippen LogP contribution < -0.4 is 5.43 Å². The predicted molar refractivity (Wildman–Crippen MR) is 99.0 cm³/mol. The van der Waals surface area contributed by atoms with Gasteiger partial charge in [0, 0.05) is 24.2 Å². The molecule has 0 fully saturated rings. The van der Waals surface area contributed by atoms with E-state index in [2.05, 4.69) is 36.2 Å². The van der Waals surface area contributed by atoms with Gasteiger partial charge >= 0.3 is 6.08 Å². The zero-order valence-corrected chi connectivity index (χ0v) is 15.6. The minimum Gasteiger partial charge on any atom is -0.486 e. The topological polar surface area (TPSA) is 50.3 Å². The molecular weight excluding hydrogens is 355 g/mol. The van der Waals surface area contributed by atoms with Crippen LogP contribution in [0.15, 0.2) is 59.9 Å². The SMILES string of the molecule is CC(C)(C)N1C=C(Cl)C(OCc2ccc(-c3cnc(F)nc3)cc2)=CN1. The number of ether oxygens (including phenoxy) is 1. The summed E-state index contributed by atoms with van der Waals surface area (Å²) in [6.07, 6.45) is 5.74. The summed E-state index contributed by atoms with van der Waals surface area (Å²) >= 11 is 6.31. The van der Waals surface area contributed by atoms with Crippen molar-refractivity contribution >= 4 is 11.6 Å². The number of halogens is 2. The van der Waals surface area contributed by atoms with Crippen LogP contribution in [0.1, 0.15) is 26.3 Å². The lowest BCUT2D eigenvalue weighted by molar-refractivity contribution is 0.141. The van der Waals surface area contributed by atoms with Gasteiger partial charge in [-0.25, -0.2) is 9.97 Å². The fourth-order valence-electron chi connectivity index (χ4n) is 2.33. The van der Waals surface area contributed by atoms with E-state index in [4.69, 9.17) is 16.3 Å². The first-order valence-corrected chi connectivity index (χ1v) is 8.54. The fraction of sp³-hybridized carbons (Fsp3) is 0.263. The maximum atomic E-state index is 12.8. The number of hydrazine groups is 1. The Morgan fingerprint density at radius 2 is 1.77 bits per heavy atom. The van der Waals surface area contributed by atoms with Crippen LogP contribution in [0.4, 0.5) is 4.39 Å². The normalized spacial score (nSPS) is 14.4. The highest BCUT2D eigenvalue weighted by molar-refractivity contribution is 6.31. The van der Waals surface area contributed by atoms with Crippen molar-refractivity contribution in [2.45, 2.75) is 32.9 Å². The van der Waals surface area contributed by atoms with E-state index >= 15 is 0 Å². The van der Waals surface area contributed by atoms with Gasteiger partial charge in [-0.05, 0) is 31.9 Å². The number of nitrogens with zero attached hydrogens (tertiary/aromatic N) is 3. The molecule has 2 aromatic rings. The van der Waals surface area contributed by atoms with Gasteiger partial charge in [-0.2, -0.15) is 4.39 Å². The lowest BCUT2D eigenvalue weighted by Crippen LogP contribution is -2.46. The lowest BCUT2D eigenvalue weighted by atomic mass is 10.1. The second-order valence-electron chi connectivity index (χ2n) is 6.88. The van der Waals surface area contributed by atoms with Gasteiger partial charge in [0.2, 0.25) is 0 Å². The quantitative estimate of drug-likeness (QED) is 0.807.